The largest absolute Gasteiger partial charge is 0.489 e. The van der Waals surface area contributed by atoms with Crippen molar-refractivity contribution in [1.29, 1.82) is 0 Å². The number of benzene rings is 2. The van der Waals surface area contributed by atoms with E-state index in [4.69, 9.17) is 4.74 Å². The van der Waals surface area contributed by atoms with Gasteiger partial charge in [-0.05, 0) is 42.2 Å². The molecule has 4 heteroatoms. The highest BCUT2D eigenvalue weighted by molar-refractivity contribution is 9.10. The summed E-state index contributed by atoms with van der Waals surface area (Å²) in [6.45, 7) is 4.31. The second kappa shape index (κ2) is 5.19. The van der Waals surface area contributed by atoms with Crippen LogP contribution in [0.3, 0.4) is 0 Å². The predicted molar refractivity (Wildman–Crippen MR) is 83.9 cm³/mol. The van der Waals surface area contributed by atoms with E-state index in [1.807, 2.05) is 44.2 Å². The van der Waals surface area contributed by atoms with Gasteiger partial charge in [0.15, 0.2) is 0 Å². The molecule has 3 nitrogen and oxygen atoms in total. The van der Waals surface area contributed by atoms with Crippen molar-refractivity contribution in [2.75, 3.05) is 0 Å². The van der Waals surface area contributed by atoms with Gasteiger partial charge >= 0.3 is 5.97 Å². The van der Waals surface area contributed by atoms with Crippen molar-refractivity contribution in [3.8, 4) is 5.75 Å². The summed E-state index contributed by atoms with van der Waals surface area (Å²) in [7, 11) is 0. The molecule has 108 valence electrons. The smallest absolute Gasteiger partial charge is 0.315 e. The van der Waals surface area contributed by atoms with Gasteiger partial charge in [-0.25, -0.2) is 0 Å². The summed E-state index contributed by atoms with van der Waals surface area (Å²) in [6, 6.07) is 9.49. The van der Waals surface area contributed by atoms with Crippen molar-refractivity contribution >= 4 is 21.9 Å². The van der Waals surface area contributed by atoms with E-state index in [1.54, 1.807) is 0 Å². The number of aryl methyl sites for hydroxylation is 1. The van der Waals surface area contributed by atoms with Gasteiger partial charge < -0.3 is 9.84 Å². The maximum absolute atomic E-state index is 11.9. The van der Waals surface area contributed by atoms with Crippen LogP contribution in [0.25, 0.3) is 0 Å². The standard InChI is InChI=1S/C17H15BrO3/c1-9-7-13-14(10(2)16(9)18)15(17(19)20)12-6-4-3-5-11(12)8-21-13/h3-7,15H,8H2,1-2H3,(H,19,20). The lowest BCUT2D eigenvalue weighted by Gasteiger charge is -2.19. The predicted octanol–water partition coefficient (Wildman–Crippen LogP) is 4.17. The molecule has 0 amide bonds. The quantitative estimate of drug-likeness (QED) is 0.842. The zero-order valence-electron chi connectivity index (χ0n) is 11.8. The molecule has 0 aromatic heterocycles. The Hall–Kier alpha value is -1.81. The Labute approximate surface area is 131 Å². The lowest BCUT2D eigenvalue weighted by Crippen LogP contribution is -2.15. The fraction of sp³-hybridized carbons (Fsp3) is 0.235. The van der Waals surface area contributed by atoms with Crippen LogP contribution < -0.4 is 4.74 Å². The normalized spacial score (nSPS) is 16.4. The molecule has 2 aromatic rings. The van der Waals surface area contributed by atoms with Crippen LogP contribution in [0.4, 0.5) is 0 Å². The summed E-state index contributed by atoms with van der Waals surface area (Å²) in [5.41, 5.74) is 4.44. The Balaban J connectivity index is 2.33. The first-order valence-corrected chi connectivity index (χ1v) is 7.53. The number of aliphatic carboxylic acids is 1. The van der Waals surface area contributed by atoms with Gasteiger partial charge in [0.25, 0.3) is 0 Å². The molecule has 1 atom stereocenters. The fourth-order valence-electron chi connectivity index (χ4n) is 2.93. The van der Waals surface area contributed by atoms with Crippen molar-refractivity contribution < 1.29 is 14.6 Å². The first kappa shape index (κ1) is 14.1. The number of carbonyl (C=O) groups is 1. The molecule has 0 spiro atoms. The number of rotatable bonds is 1. The number of carboxylic acid groups (broad SMARTS) is 1. The minimum absolute atomic E-state index is 0.396. The highest BCUT2D eigenvalue weighted by Crippen LogP contribution is 2.42. The molecule has 1 N–H and O–H groups in total. The second-order valence-corrected chi connectivity index (χ2v) is 6.10. The SMILES string of the molecule is Cc1cc2c(c(C)c1Br)C(C(=O)O)c1ccccc1CO2. The van der Waals surface area contributed by atoms with Crippen LogP contribution in [0.5, 0.6) is 5.75 Å². The van der Waals surface area contributed by atoms with Crippen LogP contribution in [-0.4, -0.2) is 11.1 Å². The van der Waals surface area contributed by atoms with Gasteiger partial charge in [-0.3, -0.25) is 4.79 Å². The van der Waals surface area contributed by atoms with E-state index in [9.17, 15) is 9.90 Å². The molecule has 0 bridgehead atoms. The van der Waals surface area contributed by atoms with E-state index in [2.05, 4.69) is 15.9 Å². The zero-order chi connectivity index (χ0) is 15.1. The molecule has 21 heavy (non-hydrogen) atoms. The van der Waals surface area contributed by atoms with Gasteiger partial charge in [-0.1, -0.05) is 40.2 Å². The van der Waals surface area contributed by atoms with Crippen LogP contribution in [0, 0.1) is 13.8 Å². The van der Waals surface area contributed by atoms with E-state index in [-0.39, 0.29) is 0 Å². The number of ether oxygens (including phenoxy) is 1. The summed E-state index contributed by atoms with van der Waals surface area (Å²) >= 11 is 3.55. The summed E-state index contributed by atoms with van der Waals surface area (Å²) < 4.78 is 6.83. The van der Waals surface area contributed by atoms with E-state index < -0.39 is 11.9 Å². The fourth-order valence-corrected chi connectivity index (χ4v) is 3.26. The maximum Gasteiger partial charge on any atom is 0.315 e. The van der Waals surface area contributed by atoms with E-state index in [1.165, 1.54) is 0 Å². The third-order valence-corrected chi connectivity index (χ3v) is 5.20. The highest BCUT2D eigenvalue weighted by atomic mass is 79.9. The number of hydrogen-bond acceptors (Lipinski definition) is 2. The van der Waals surface area contributed by atoms with Crippen LogP contribution >= 0.6 is 15.9 Å². The molecular weight excluding hydrogens is 332 g/mol. The summed E-state index contributed by atoms with van der Waals surface area (Å²) in [5, 5.41) is 9.77. The lowest BCUT2D eigenvalue weighted by atomic mass is 9.85. The van der Waals surface area contributed by atoms with Gasteiger partial charge in [0, 0.05) is 10.0 Å². The van der Waals surface area contributed by atoms with Crippen LogP contribution in [0.15, 0.2) is 34.8 Å². The Morgan fingerprint density at radius 1 is 1.33 bits per heavy atom. The van der Waals surface area contributed by atoms with Gasteiger partial charge in [0.05, 0.1) is 0 Å². The summed E-state index contributed by atoms with van der Waals surface area (Å²) in [6.07, 6.45) is 0. The molecule has 0 fully saturated rings. The first-order valence-electron chi connectivity index (χ1n) is 6.73. The van der Waals surface area contributed by atoms with Crippen LogP contribution in [0.2, 0.25) is 0 Å². The zero-order valence-corrected chi connectivity index (χ0v) is 13.4. The van der Waals surface area contributed by atoms with Gasteiger partial charge in [0.2, 0.25) is 0 Å². The number of hydrogen-bond donors (Lipinski definition) is 1. The topological polar surface area (TPSA) is 46.5 Å². The van der Waals surface area contributed by atoms with Crippen molar-refractivity contribution in [3.63, 3.8) is 0 Å². The molecule has 0 saturated carbocycles. The average Bonchev–Trinajstić information content (AvgIpc) is 2.62. The molecule has 0 aliphatic carbocycles. The van der Waals surface area contributed by atoms with E-state index in [0.29, 0.717) is 12.4 Å². The minimum atomic E-state index is -0.854. The molecule has 0 radical (unpaired) electrons. The van der Waals surface area contributed by atoms with Crippen molar-refractivity contribution in [2.45, 2.75) is 26.4 Å². The molecule has 1 aliphatic heterocycles. The molecule has 0 saturated heterocycles. The van der Waals surface area contributed by atoms with Crippen molar-refractivity contribution in [3.05, 3.63) is 62.6 Å². The third kappa shape index (κ3) is 2.23. The van der Waals surface area contributed by atoms with Crippen molar-refractivity contribution in [2.24, 2.45) is 0 Å². The van der Waals surface area contributed by atoms with Crippen LogP contribution in [0.1, 0.15) is 33.7 Å². The third-order valence-electron chi connectivity index (χ3n) is 3.98. The number of carboxylic acids is 1. The van der Waals surface area contributed by atoms with Crippen LogP contribution in [-0.2, 0) is 11.4 Å². The Kier molecular flexibility index (Phi) is 3.49. The molecule has 1 unspecified atom stereocenters. The Bertz CT molecular complexity index is 737. The molecular formula is C17H15BrO3. The Morgan fingerprint density at radius 2 is 2.05 bits per heavy atom. The lowest BCUT2D eigenvalue weighted by molar-refractivity contribution is -0.137. The minimum Gasteiger partial charge on any atom is -0.489 e. The molecule has 1 heterocycles. The first-order chi connectivity index (χ1) is 10.0. The number of halogens is 1. The van der Waals surface area contributed by atoms with Gasteiger partial charge in [-0.15, -0.1) is 0 Å². The van der Waals surface area contributed by atoms with Gasteiger partial charge in [0.1, 0.15) is 18.3 Å². The Morgan fingerprint density at radius 3 is 2.76 bits per heavy atom. The monoisotopic (exact) mass is 346 g/mol. The van der Waals surface area contributed by atoms with Crippen molar-refractivity contribution in [1.82, 2.24) is 0 Å². The average molecular weight is 347 g/mol. The second-order valence-electron chi connectivity index (χ2n) is 5.30. The molecule has 2 aromatic carbocycles. The highest BCUT2D eigenvalue weighted by Gasteiger charge is 2.32. The number of fused-ring (bicyclic) bond motifs is 2. The van der Waals surface area contributed by atoms with E-state index >= 15 is 0 Å². The van der Waals surface area contributed by atoms with Gasteiger partial charge in [-0.2, -0.15) is 0 Å². The maximum atomic E-state index is 11.9. The summed E-state index contributed by atoms with van der Waals surface area (Å²) in [4.78, 5) is 11.9. The molecule has 1 aliphatic rings. The summed E-state index contributed by atoms with van der Waals surface area (Å²) in [5.74, 6) is -0.888. The molecule has 3 rings (SSSR count). The van der Waals surface area contributed by atoms with E-state index in [0.717, 1.165) is 32.3 Å².